The first-order valence-corrected chi connectivity index (χ1v) is 4.99. The highest BCUT2D eigenvalue weighted by Gasteiger charge is 2.08. The van der Waals surface area contributed by atoms with Gasteiger partial charge >= 0.3 is 5.97 Å². The third kappa shape index (κ3) is 6.44. The zero-order valence-electron chi connectivity index (χ0n) is 8.95. The number of rotatable bonds is 7. The summed E-state index contributed by atoms with van der Waals surface area (Å²) in [5, 5.41) is 8.45. The van der Waals surface area contributed by atoms with Gasteiger partial charge in [0, 0.05) is 0 Å². The molecule has 4 heteroatoms. The van der Waals surface area contributed by atoms with Gasteiger partial charge in [0.25, 0.3) is 0 Å². The average molecular weight is 198 g/mol. The second-order valence-corrected chi connectivity index (χ2v) is 3.04. The Kier molecular flexibility index (Phi) is 7.86. The van der Waals surface area contributed by atoms with Gasteiger partial charge in [-0.2, -0.15) is 5.26 Å². The summed E-state index contributed by atoms with van der Waals surface area (Å²) in [7, 11) is 0. The van der Waals surface area contributed by atoms with E-state index in [0.717, 1.165) is 12.8 Å². The van der Waals surface area contributed by atoms with E-state index in [-0.39, 0.29) is 19.1 Å². The fourth-order valence-corrected chi connectivity index (χ4v) is 0.938. The summed E-state index contributed by atoms with van der Waals surface area (Å²) in [6.07, 6.45) is 1.92. The van der Waals surface area contributed by atoms with Crippen LogP contribution in [0.3, 0.4) is 0 Å². The molecule has 14 heavy (non-hydrogen) atoms. The molecule has 0 aliphatic rings. The van der Waals surface area contributed by atoms with Crippen molar-refractivity contribution in [2.75, 3.05) is 26.2 Å². The fraction of sp³-hybridized carbons (Fsp3) is 0.800. The van der Waals surface area contributed by atoms with Crippen molar-refractivity contribution in [1.82, 2.24) is 4.90 Å². The smallest absolute Gasteiger partial charge is 0.320 e. The van der Waals surface area contributed by atoms with E-state index in [4.69, 9.17) is 10.00 Å². The molecule has 0 unspecified atom stereocenters. The monoisotopic (exact) mass is 198 g/mol. The summed E-state index contributed by atoms with van der Waals surface area (Å²) in [5.74, 6) is -0.240. The van der Waals surface area contributed by atoms with Gasteiger partial charge in [0.05, 0.1) is 25.8 Å². The number of nitriles is 1. The second kappa shape index (κ2) is 8.52. The van der Waals surface area contributed by atoms with E-state index in [2.05, 4.69) is 0 Å². The third-order valence-electron chi connectivity index (χ3n) is 1.86. The first-order valence-electron chi connectivity index (χ1n) is 4.99. The lowest BCUT2D eigenvalue weighted by molar-refractivity contribution is -0.144. The van der Waals surface area contributed by atoms with Crippen molar-refractivity contribution >= 4 is 5.97 Å². The number of unbranched alkanes of at least 4 members (excludes halogenated alkanes) is 1. The predicted octanol–water partition coefficient (Wildman–Crippen LogP) is 1.18. The molecule has 0 radical (unpaired) electrons. The minimum Gasteiger partial charge on any atom is -0.465 e. The highest BCUT2D eigenvalue weighted by molar-refractivity contribution is 5.71. The molecule has 0 aromatic carbocycles. The molecule has 0 saturated heterocycles. The molecule has 0 spiro atoms. The molecule has 0 saturated carbocycles. The molecule has 4 nitrogen and oxygen atoms in total. The predicted molar refractivity (Wildman–Crippen MR) is 53.6 cm³/mol. The van der Waals surface area contributed by atoms with Crippen LogP contribution in [0.1, 0.15) is 26.7 Å². The van der Waals surface area contributed by atoms with Gasteiger partial charge in [-0.25, -0.2) is 0 Å². The Hall–Kier alpha value is -1.08. The van der Waals surface area contributed by atoms with Crippen molar-refractivity contribution in [3.63, 3.8) is 0 Å². The highest BCUT2D eigenvalue weighted by Crippen LogP contribution is 1.92. The SMILES string of the molecule is CCCCOC(=O)CN(CC)CC#N. The van der Waals surface area contributed by atoms with Gasteiger partial charge in [-0.15, -0.1) is 0 Å². The molecule has 0 aliphatic carbocycles. The van der Waals surface area contributed by atoms with Crippen LogP contribution in [0.2, 0.25) is 0 Å². The highest BCUT2D eigenvalue weighted by atomic mass is 16.5. The first kappa shape index (κ1) is 12.9. The molecule has 80 valence electrons. The van der Waals surface area contributed by atoms with Gasteiger partial charge in [-0.3, -0.25) is 9.69 Å². The van der Waals surface area contributed by atoms with Gasteiger partial charge in [0.15, 0.2) is 0 Å². The summed E-state index contributed by atoms with van der Waals surface area (Å²) in [5.41, 5.74) is 0. The van der Waals surface area contributed by atoms with Gasteiger partial charge in [-0.1, -0.05) is 20.3 Å². The normalized spacial score (nSPS) is 9.86. The standard InChI is InChI=1S/C10H18N2O2/c1-3-5-8-14-10(13)9-12(4-2)7-6-11/h3-5,7-9H2,1-2H3. The topological polar surface area (TPSA) is 53.3 Å². The van der Waals surface area contributed by atoms with Crippen LogP contribution in [0.4, 0.5) is 0 Å². The van der Waals surface area contributed by atoms with Gasteiger partial charge in [-0.05, 0) is 13.0 Å². The number of ether oxygens (including phenoxy) is 1. The van der Waals surface area contributed by atoms with E-state index >= 15 is 0 Å². The lowest BCUT2D eigenvalue weighted by Crippen LogP contribution is -2.31. The van der Waals surface area contributed by atoms with Gasteiger partial charge < -0.3 is 4.74 Å². The van der Waals surface area contributed by atoms with Crippen LogP contribution < -0.4 is 0 Å². The van der Waals surface area contributed by atoms with Crippen LogP contribution >= 0.6 is 0 Å². The number of esters is 1. The number of hydrogen-bond acceptors (Lipinski definition) is 4. The fourth-order valence-electron chi connectivity index (χ4n) is 0.938. The van der Waals surface area contributed by atoms with Crippen LogP contribution in [0.5, 0.6) is 0 Å². The van der Waals surface area contributed by atoms with Gasteiger partial charge in [0.1, 0.15) is 0 Å². The van der Waals surface area contributed by atoms with E-state index in [1.54, 1.807) is 4.90 Å². The van der Waals surface area contributed by atoms with Crippen molar-refractivity contribution in [2.45, 2.75) is 26.7 Å². The number of hydrogen-bond donors (Lipinski definition) is 0. The average Bonchev–Trinajstić information content (AvgIpc) is 2.17. The van der Waals surface area contributed by atoms with Crippen LogP contribution in [0, 0.1) is 11.3 Å². The summed E-state index contributed by atoms with van der Waals surface area (Å²) < 4.78 is 4.97. The molecule has 0 atom stereocenters. The Morgan fingerprint density at radius 2 is 2.21 bits per heavy atom. The van der Waals surface area contributed by atoms with E-state index in [9.17, 15) is 4.79 Å². The molecular weight excluding hydrogens is 180 g/mol. The van der Waals surface area contributed by atoms with Crippen molar-refractivity contribution in [1.29, 1.82) is 5.26 Å². The number of carbonyl (C=O) groups is 1. The van der Waals surface area contributed by atoms with Crippen LogP contribution in [0.15, 0.2) is 0 Å². The molecule has 0 heterocycles. The van der Waals surface area contributed by atoms with E-state index in [1.807, 2.05) is 19.9 Å². The summed E-state index contributed by atoms with van der Waals surface area (Å²) >= 11 is 0. The van der Waals surface area contributed by atoms with E-state index < -0.39 is 0 Å². The molecular formula is C10H18N2O2. The van der Waals surface area contributed by atoms with Crippen molar-refractivity contribution in [2.24, 2.45) is 0 Å². The number of likely N-dealkylation sites (N-methyl/N-ethyl adjacent to an activating group) is 1. The maximum Gasteiger partial charge on any atom is 0.320 e. The zero-order chi connectivity index (χ0) is 10.8. The lowest BCUT2D eigenvalue weighted by Gasteiger charge is -2.15. The van der Waals surface area contributed by atoms with Crippen LogP contribution in [-0.4, -0.2) is 37.1 Å². The molecule has 0 N–H and O–H groups in total. The van der Waals surface area contributed by atoms with Crippen molar-refractivity contribution in [3.8, 4) is 6.07 Å². The Labute approximate surface area is 85.5 Å². The lowest BCUT2D eigenvalue weighted by atomic mass is 10.4. The maximum atomic E-state index is 11.2. The minimum absolute atomic E-state index is 0.216. The molecule has 0 aromatic rings. The summed E-state index contributed by atoms with van der Waals surface area (Å²) in [6.45, 7) is 5.63. The first-order chi connectivity index (χ1) is 6.74. The quantitative estimate of drug-likeness (QED) is 0.350. The molecule has 0 rings (SSSR count). The Morgan fingerprint density at radius 1 is 1.50 bits per heavy atom. The number of nitrogens with zero attached hydrogens (tertiary/aromatic N) is 2. The molecule has 0 amide bonds. The Morgan fingerprint density at radius 3 is 2.71 bits per heavy atom. The number of carbonyl (C=O) groups excluding carboxylic acids is 1. The Balaban J connectivity index is 3.63. The van der Waals surface area contributed by atoms with E-state index in [0.29, 0.717) is 13.2 Å². The molecule has 0 aromatic heterocycles. The summed E-state index contributed by atoms with van der Waals surface area (Å²) in [4.78, 5) is 12.9. The van der Waals surface area contributed by atoms with E-state index in [1.165, 1.54) is 0 Å². The van der Waals surface area contributed by atoms with Crippen molar-refractivity contribution < 1.29 is 9.53 Å². The second-order valence-electron chi connectivity index (χ2n) is 3.04. The van der Waals surface area contributed by atoms with Gasteiger partial charge in [0.2, 0.25) is 0 Å². The largest absolute Gasteiger partial charge is 0.465 e. The zero-order valence-corrected chi connectivity index (χ0v) is 8.95. The van der Waals surface area contributed by atoms with Crippen LogP contribution in [0.25, 0.3) is 0 Å². The maximum absolute atomic E-state index is 11.2. The molecule has 0 fully saturated rings. The van der Waals surface area contributed by atoms with Crippen LogP contribution in [-0.2, 0) is 9.53 Å². The third-order valence-corrected chi connectivity index (χ3v) is 1.86. The summed E-state index contributed by atoms with van der Waals surface area (Å²) in [6, 6.07) is 2.01. The van der Waals surface area contributed by atoms with Crippen molar-refractivity contribution in [3.05, 3.63) is 0 Å². The Bertz CT molecular complexity index is 199. The minimum atomic E-state index is -0.240. The molecule has 0 bridgehead atoms. The molecule has 0 aliphatic heterocycles.